The van der Waals surface area contributed by atoms with Gasteiger partial charge in [0.2, 0.25) is 5.72 Å². The molecule has 1 aromatic rings. The molecule has 0 aliphatic carbocycles. The van der Waals surface area contributed by atoms with Crippen molar-refractivity contribution in [3.05, 3.63) is 45.3 Å². The number of esters is 1. The van der Waals surface area contributed by atoms with E-state index in [4.69, 9.17) is 9.47 Å². The van der Waals surface area contributed by atoms with Crippen LogP contribution >= 0.6 is 15.9 Å². The van der Waals surface area contributed by atoms with E-state index in [2.05, 4.69) is 21.2 Å². The van der Waals surface area contributed by atoms with Crippen LogP contribution < -0.4 is 10.1 Å². The fourth-order valence-corrected chi connectivity index (χ4v) is 3.30. The summed E-state index contributed by atoms with van der Waals surface area (Å²) in [4.78, 5) is 12.1. The van der Waals surface area contributed by atoms with E-state index in [1.165, 1.54) is 6.92 Å². The van der Waals surface area contributed by atoms with Gasteiger partial charge in [0.05, 0.1) is 10.2 Å². The summed E-state index contributed by atoms with van der Waals surface area (Å²) in [5, 5.41) is 13.1. The highest BCUT2D eigenvalue weighted by Gasteiger charge is 2.49. The molecular weight excluding hydrogens is 338 g/mol. The number of aryl methyl sites for hydroxylation is 1. The Balaban J connectivity index is 2.19. The molecule has 1 atom stereocenters. The Morgan fingerprint density at radius 2 is 2.10 bits per heavy atom. The van der Waals surface area contributed by atoms with Crippen molar-refractivity contribution in [3.63, 3.8) is 0 Å². The maximum atomic E-state index is 12.1. The largest absolute Gasteiger partial charge is 0.512 e. The summed E-state index contributed by atoms with van der Waals surface area (Å²) in [6.45, 7) is 5.06. The standard InChI is InChI=1S/C15H14BrNO4/c1-7-4-10(16)13-11(5-7)17-15(21-13)6-8(2)20-14(19)12(15)9(3)18/h4-6,17-18H,1-3H3/b12-9+. The number of fused-ring (bicyclic) bond motifs is 1. The molecule has 0 fully saturated rings. The van der Waals surface area contributed by atoms with E-state index < -0.39 is 11.7 Å². The first kappa shape index (κ1) is 14.0. The molecule has 0 amide bonds. The molecule has 0 saturated carbocycles. The lowest BCUT2D eigenvalue weighted by molar-refractivity contribution is -0.138. The highest BCUT2D eigenvalue weighted by molar-refractivity contribution is 9.10. The molecule has 0 radical (unpaired) electrons. The van der Waals surface area contributed by atoms with Gasteiger partial charge < -0.3 is 19.9 Å². The number of aliphatic hydroxyl groups excluding tert-OH is 1. The number of anilines is 1. The summed E-state index contributed by atoms with van der Waals surface area (Å²) < 4.78 is 11.8. The van der Waals surface area contributed by atoms with E-state index in [0.29, 0.717) is 11.5 Å². The average Bonchev–Trinajstić information content (AvgIpc) is 2.65. The van der Waals surface area contributed by atoms with Gasteiger partial charge in [-0.15, -0.1) is 0 Å². The second-order valence-electron chi connectivity index (χ2n) is 5.19. The number of benzene rings is 1. The predicted octanol–water partition coefficient (Wildman–Crippen LogP) is 3.55. The molecule has 1 aromatic carbocycles. The smallest absolute Gasteiger partial charge is 0.349 e. The molecule has 6 heteroatoms. The van der Waals surface area contributed by atoms with Gasteiger partial charge in [0.25, 0.3) is 0 Å². The van der Waals surface area contributed by atoms with Gasteiger partial charge in [0.15, 0.2) is 5.75 Å². The molecule has 2 aliphatic rings. The number of nitrogens with one attached hydrogen (secondary N) is 1. The number of halogens is 1. The molecule has 1 spiro atoms. The number of cyclic esters (lactones) is 1. The lowest BCUT2D eigenvalue weighted by Gasteiger charge is -2.31. The van der Waals surface area contributed by atoms with Gasteiger partial charge in [-0.05, 0) is 54.4 Å². The molecule has 1 unspecified atom stereocenters. The van der Waals surface area contributed by atoms with E-state index in [-0.39, 0.29) is 11.3 Å². The molecular formula is C15H14BrNO4. The normalized spacial score (nSPS) is 25.7. The van der Waals surface area contributed by atoms with Crippen LogP contribution in [0.4, 0.5) is 5.69 Å². The van der Waals surface area contributed by atoms with E-state index in [0.717, 1.165) is 15.7 Å². The highest BCUT2D eigenvalue weighted by atomic mass is 79.9. The van der Waals surface area contributed by atoms with Crippen molar-refractivity contribution in [1.82, 2.24) is 0 Å². The van der Waals surface area contributed by atoms with Gasteiger partial charge >= 0.3 is 5.97 Å². The quantitative estimate of drug-likeness (QED) is 0.425. The topological polar surface area (TPSA) is 67.8 Å². The lowest BCUT2D eigenvalue weighted by Crippen LogP contribution is -2.47. The summed E-state index contributed by atoms with van der Waals surface area (Å²) in [5.74, 6) is 0.247. The number of carbonyl (C=O) groups is 1. The second-order valence-corrected chi connectivity index (χ2v) is 6.05. The van der Waals surface area contributed by atoms with Gasteiger partial charge in [-0.25, -0.2) is 4.79 Å². The average molecular weight is 352 g/mol. The molecule has 2 aliphatic heterocycles. The van der Waals surface area contributed by atoms with Gasteiger partial charge in [0, 0.05) is 6.08 Å². The van der Waals surface area contributed by atoms with Gasteiger partial charge in [-0.1, -0.05) is 0 Å². The Kier molecular flexibility index (Phi) is 3.02. The second kappa shape index (κ2) is 4.53. The molecule has 2 N–H and O–H groups in total. The van der Waals surface area contributed by atoms with Gasteiger partial charge in [0.1, 0.15) is 17.1 Å². The van der Waals surface area contributed by atoms with E-state index in [9.17, 15) is 9.90 Å². The van der Waals surface area contributed by atoms with Crippen molar-refractivity contribution in [1.29, 1.82) is 0 Å². The number of ether oxygens (including phenoxy) is 2. The zero-order chi connectivity index (χ0) is 15.4. The third-order valence-electron chi connectivity index (χ3n) is 3.37. The maximum absolute atomic E-state index is 12.1. The van der Waals surface area contributed by atoms with Crippen LogP contribution in [0, 0.1) is 6.92 Å². The summed E-state index contributed by atoms with van der Waals surface area (Å²) >= 11 is 3.45. The van der Waals surface area contributed by atoms with Crippen molar-refractivity contribution < 1.29 is 19.4 Å². The summed E-state index contributed by atoms with van der Waals surface area (Å²) in [6, 6.07) is 3.84. The molecule has 0 aromatic heterocycles. The first-order valence-electron chi connectivity index (χ1n) is 6.42. The molecule has 21 heavy (non-hydrogen) atoms. The molecule has 5 nitrogen and oxygen atoms in total. The minimum atomic E-state index is -1.24. The molecule has 0 bridgehead atoms. The predicted molar refractivity (Wildman–Crippen MR) is 81.0 cm³/mol. The Bertz CT molecular complexity index is 719. The number of carbonyl (C=O) groups excluding carboxylic acids is 1. The summed E-state index contributed by atoms with van der Waals surface area (Å²) in [5.41, 5.74) is 0.601. The molecule has 0 saturated heterocycles. The molecule has 3 rings (SSSR count). The van der Waals surface area contributed by atoms with Crippen LogP contribution in [0.2, 0.25) is 0 Å². The fourth-order valence-electron chi connectivity index (χ4n) is 2.64. The fraction of sp³-hybridized carbons (Fsp3) is 0.267. The first-order valence-corrected chi connectivity index (χ1v) is 7.21. The summed E-state index contributed by atoms with van der Waals surface area (Å²) in [7, 11) is 0. The maximum Gasteiger partial charge on any atom is 0.349 e. The summed E-state index contributed by atoms with van der Waals surface area (Å²) in [6.07, 6.45) is 1.64. The van der Waals surface area contributed by atoms with Crippen LogP contribution in [0.1, 0.15) is 19.4 Å². The SMILES string of the molecule is CC1=CC2(Nc3cc(C)cc(Br)c3O2)/C(=C(\C)O)C(=O)O1. The minimum absolute atomic E-state index is 0.0499. The van der Waals surface area contributed by atoms with E-state index >= 15 is 0 Å². The Hall–Kier alpha value is -1.95. The van der Waals surface area contributed by atoms with E-state index in [1.54, 1.807) is 13.0 Å². The Morgan fingerprint density at radius 3 is 2.76 bits per heavy atom. The van der Waals surface area contributed by atoms with E-state index in [1.807, 2.05) is 19.1 Å². The molecule has 110 valence electrons. The third-order valence-corrected chi connectivity index (χ3v) is 3.96. The third kappa shape index (κ3) is 2.10. The molecule has 2 heterocycles. The number of aliphatic hydroxyl groups is 1. The number of hydrogen-bond acceptors (Lipinski definition) is 5. The van der Waals surface area contributed by atoms with Crippen molar-refractivity contribution in [2.24, 2.45) is 0 Å². The highest BCUT2D eigenvalue weighted by Crippen LogP contribution is 2.47. The minimum Gasteiger partial charge on any atom is -0.512 e. The van der Waals surface area contributed by atoms with Crippen LogP contribution in [0.25, 0.3) is 0 Å². The van der Waals surface area contributed by atoms with Crippen LogP contribution in [0.15, 0.2) is 39.8 Å². The van der Waals surface area contributed by atoms with Crippen molar-refractivity contribution >= 4 is 27.6 Å². The lowest BCUT2D eigenvalue weighted by atomic mass is 9.98. The van der Waals surface area contributed by atoms with Crippen LogP contribution in [-0.2, 0) is 9.53 Å². The van der Waals surface area contributed by atoms with Crippen LogP contribution in [0.3, 0.4) is 0 Å². The first-order chi connectivity index (χ1) is 9.82. The zero-order valence-corrected chi connectivity index (χ0v) is 13.4. The Labute approximate surface area is 130 Å². The number of rotatable bonds is 0. The number of allylic oxidation sites excluding steroid dienone is 2. The zero-order valence-electron chi connectivity index (χ0n) is 11.8. The van der Waals surface area contributed by atoms with Crippen LogP contribution in [0.5, 0.6) is 5.75 Å². The van der Waals surface area contributed by atoms with Gasteiger partial charge in [-0.2, -0.15) is 0 Å². The van der Waals surface area contributed by atoms with Crippen molar-refractivity contribution in [2.45, 2.75) is 26.5 Å². The van der Waals surface area contributed by atoms with Crippen molar-refractivity contribution in [3.8, 4) is 5.75 Å². The van der Waals surface area contributed by atoms with Crippen molar-refractivity contribution in [2.75, 3.05) is 5.32 Å². The number of hydrogen-bond donors (Lipinski definition) is 2. The Morgan fingerprint density at radius 1 is 1.38 bits per heavy atom. The van der Waals surface area contributed by atoms with Crippen LogP contribution in [-0.4, -0.2) is 16.8 Å². The monoisotopic (exact) mass is 351 g/mol. The van der Waals surface area contributed by atoms with Gasteiger partial charge in [-0.3, -0.25) is 0 Å².